The van der Waals surface area contributed by atoms with Gasteiger partial charge in [0.15, 0.2) is 6.61 Å². The lowest BCUT2D eigenvalue weighted by molar-refractivity contribution is -0.125. The molecule has 0 radical (unpaired) electrons. The number of carbonyl (C=O) groups is 1. The third-order valence-corrected chi connectivity index (χ3v) is 5.23. The van der Waals surface area contributed by atoms with Gasteiger partial charge in [0, 0.05) is 11.6 Å². The van der Waals surface area contributed by atoms with Crippen molar-refractivity contribution in [3.8, 4) is 17.5 Å². The highest BCUT2D eigenvalue weighted by molar-refractivity contribution is 6.33. The minimum Gasteiger partial charge on any atom is -0.439 e. The second kappa shape index (κ2) is 7.87. The molecule has 25 heavy (non-hydrogen) atoms. The summed E-state index contributed by atoms with van der Waals surface area (Å²) in [5, 5.41) is 7.40. The van der Waals surface area contributed by atoms with Gasteiger partial charge in [-0.3, -0.25) is 9.32 Å². The quantitative estimate of drug-likeness (QED) is 0.876. The fourth-order valence-corrected chi connectivity index (χ4v) is 3.40. The van der Waals surface area contributed by atoms with Crippen LogP contribution >= 0.6 is 11.6 Å². The molecule has 2 aromatic rings. The van der Waals surface area contributed by atoms with Crippen LogP contribution in [0.15, 0.2) is 28.8 Å². The molecule has 6 nitrogen and oxygen atoms in total. The minimum atomic E-state index is -0.177. The maximum absolute atomic E-state index is 12.1. The number of ether oxygens (including phenoxy) is 1. The molecule has 3 rings (SSSR count). The van der Waals surface area contributed by atoms with Crippen LogP contribution in [0, 0.1) is 11.8 Å². The van der Waals surface area contributed by atoms with Crippen LogP contribution in [0.3, 0.4) is 0 Å². The first kappa shape index (κ1) is 17.7. The Morgan fingerprint density at radius 2 is 2.16 bits per heavy atom. The number of hydrogen-bond acceptors (Lipinski definition) is 5. The fourth-order valence-electron chi connectivity index (χ4n) is 3.18. The predicted octanol–water partition coefficient (Wildman–Crippen LogP) is 3.71. The van der Waals surface area contributed by atoms with E-state index in [1.807, 2.05) is 12.1 Å². The van der Waals surface area contributed by atoms with Crippen LogP contribution in [-0.2, 0) is 4.79 Å². The molecule has 3 atom stereocenters. The Morgan fingerprint density at radius 1 is 1.36 bits per heavy atom. The van der Waals surface area contributed by atoms with Crippen molar-refractivity contribution in [3.63, 3.8) is 0 Å². The number of benzene rings is 1. The average Bonchev–Trinajstić information content (AvgIpc) is 3.06. The number of hydrogen-bond donors (Lipinski definition) is 1. The van der Waals surface area contributed by atoms with Gasteiger partial charge in [0.2, 0.25) is 5.82 Å². The summed E-state index contributed by atoms with van der Waals surface area (Å²) in [6.45, 7) is 4.26. The number of aromatic nitrogens is 2. The van der Waals surface area contributed by atoms with E-state index >= 15 is 0 Å². The van der Waals surface area contributed by atoms with Crippen molar-refractivity contribution in [3.05, 3.63) is 29.3 Å². The van der Waals surface area contributed by atoms with E-state index in [-0.39, 0.29) is 24.6 Å². The molecule has 1 aromatic carbocycles. The molecule has 0 unspecified atom stereocenters. The van der Waals surface area contributed by atoms with Gasteiger partial charge in [-0.05, 0) is 30.4 Å². The number of nitrogens with one attached hydrogen (secondary N) is 1. The average molecular weight is 364 g/mol. The van der Waals surface area contributed by atoms with Gasteiger partial charge >= 0.3 is 6.08 Å². The van der Waals surface area contributed by atoms with E-state index in [9.17, 15) is 4.79 Å². The smallest absolute Gasteiger partial charge is 0.418 e. The van der Waals surface area contributed by atoms with E-state index in [1.54, 1.807) is 12.1 Å². The molecule has 134 valence electrons. The summed E-state index contributed by atoms with van der Waals surface area (Å²) >= 11 is 6.10. The first-order chi connectivity index (χ1) is 12.0. The lowest BCUT2D eigenvalue weighted by Gasteiger charge is -2.34. The molecule has 1 aromatic heterocycles. The van der Waals surface area contributed by atoms with Crippen molar-refractivity contribution < 1.29 is 14.1 Å². The van der Waals surface area contributed by atoms with Gasteiger partial charge in [0.25, 0.3) is 5.91 Å². The van der Waals surface area contributed by atoms with E-state index in [4.69, 9.17) is 20.9 Å². The Bertz CT molecular complexity index is 734. The number of amides is 1. The zero-order chi connectivity index (χ0) is 17.8. The van der Waals surface area contributed by atoms with Crippen molar-refractivity contribution in [2.45, 2.75) is 39.2 Å². The highest BCUT2D eigenvalue weighted by atomic mass is 35.5. The molecule has 0 saturated heterocycles. The molecule has 1 N–H and O–H groups in total. The lowest BCUT2D eigenvalue weighted by atomic mass is 9.78. The van der Waals surface area contributed by atoms with Gasteiger partial charge in [-0.2, -0.15) is 4.98 Å². The maximum atomic E-state index is 12.1. The van der Waals surface area contributed by atoms with Crippen LogP contribution in [0.25, 0.3) is 11.4 Å². The summed E-state index contributed by atoms with van der Waals surface area (Å²) in [6.07, 6.45) is 3.32. The van der Waals surface area contributed by atoms with E-state index in [1.165, 1.54) is 6.42 Å². The van der Waals surface area contributed by atoms with Gasteiger partial charge in [0.05, 0.1) is 5.02 Å². The number of carbonyl (C=O) groups excluding carboxylic acids is 1. The third kappa shape index (κ3) is 4.31. The summed E-state index contributed by atoms with van der Waals surface area (Å²) in [6, 6.07) is 7.38. The first-order valence-electron chi connectivity index (χ1n) is 8.55. The van der Waals surface area contributed by atoms with Gasteiger partial charge in [-0.1, -0.05) is 55.6 Å². The third-order valence-electron chi connectivity index (χ3n) is 4.90. The Balaban J connectivity index is 1.54. The topological polar surface area (TPSA) is 77.2 Å². The molecule has 1 aliphatic rings. The maximum Gasteiger partial charge on any atom is 0.418 e. The summed E-state index contributed by atoms with van der Waals surface area (Å²) in [5.74, 6) is 1.24. The van der Waals surface area contributed by atoms with Crippen LogP contribution in [0.2, 0.25) is 5.02 Å². The fraction of sp³-hybridized carbons (Fsp3) is 0.500. The van der Waals surface area contributed by atoms with Crippen LogP contribution in [-0.4, -0.2) is 28.7 Å². The predicted molar refractivity (Wildman–Crippen MR) is 94.3 cm³/mol. The van der Waals surface area contributed by atoms with E-state index in [0.717, 1.165) is 12.8 Å². The Kier molecular flexibility index (Phi) is 5.58. The first-order valence-corrected chi connectivity index (χ1v) is 8.93. The van der Waals surface area contributed by atoms with Crippen LogP contribution in [0.4, 0.5) is 0 Å². The minimum absolute atomic E-state index is 0.0462. The number of nitrogens with zero attached hydrogens (tertiary/aromatic N) is 2. The molecule has 1 fully saturated rings. The van der Waals surface area contributed by atoms with Crippen LogP contribution in [0.1, 0.15) is 33.1 Å². The highest BCUT2D eigenvalue weighted by Gasteiger charge is 2.28. The van der Waals surface area contributed by atoms with Gasteiger partial charge < -0.3 is 10.1 Å². The normalized spacial score (nSPS) is 23.2. The van der Waals surface area contributed by atoms with Gasteiger partial charge in [-0.15, -0.1) is 0 Å². The highest BCUT2D eigenvalue weighted by Crippen LogP contribution is 2.29. The van der Waals surface area contributed by atoms with Crippen molar-refractivity contribution >= 4 is 17.5 Å². The number of rotatable bonds is 5. The largest absolute Gasteiger partial charge is 0.439 e. The molecular weight excluding hydrogens is 342 g/mol. The molecule has 7 heteroatoms. The van der Waals surface area contributed by atoms with E-state index in [0.29, 0.717) is 28.2 Å². The van der Waals surface area contributed by atoms with Crippen molar-refractivity contribution in [1.29, 1.82) is 0 Å². The van der Waals surface area contributed by atoms with Gasteiger partial charge in [-0.25, -0.2) is 0 Å². The molecule has 1 saturated carbocycles. The Labute approximate surface area is 151 Å². The molecule has 0 spiro atoms. The lowest BCUT2D eigenvalue weighted by Crippen LogP contribution is -2.45. The molecule has 1 aliphatic carbocycles. The van der Waals surface area contributed by atoms with Crippen molar-refractivity contribution in [1.82, 2.24) is 15.5 Å². The molecular formula is C18H22ClN3O3. The zero-order valence-electron chi connectivity index (χ0n) is 14.4. The summed E-state index contributed by atoms with van der Waals surface area (Å²) < 4.78 is 10.3. The summed E-state index contributed by atoms with van der Waals surface area (Å²) in [5.41, 5.74) is 0.650. The van der Waals surface area contributed by atoms with Crippen molar-refractivity contribution in [2.75, 3.05) is 6.61 Å². The molecule has 0 bridgehead atoms. The van der Waals surface area contributed by atoms with Crippen molar-refractivity contribution in [2.24, 2.45) is 11.8 Å². The van der Waals surface area contributed by atoms with Gasteiger partial charge in [0.1, 0.15) is 0 Å². The second-order valence-corrected chi connectivity index (χ2v) is 7.00. The Morgan fingerprint density at radius 3 is 2.96 bits per heavy atom. The van der Waals surface area contributed by atoms with E-state index in [2.05, 4.69) is 29.3 Å². The molecule has 1 heterocycles. The number of halogens is 1. The second-order valence-electron chi connectivity index (χ2n) is 6.59. The summed E-state index contributed by atoms with van der Waals surface area (Å²) in [4.78, 5) is 16.2. The monoisotopic (exact) mass is 363 g/mol. The van der Waals surface area contributed by atoms with Crippen LogP contribution < -0.4 is 10.1 Å². The SMILES string of the molecule is C[C@@H]1[C@H](C)CCC[C@H]1NC(=O)COc1nc(-c2ccccc2Cl)no1. The Hall–Kier alpha value is -2.08. The summed E-state index contributed by atoms with van der Waals surface area (Å²) in [7, 11) is 0. The molecule has 1 amide bonds. The van der Waals surface area contributed by atoms with E-state index < -0.39 is 0 Å². The zero-order valence-corrected chi connectivity index (χ0v) is 15.1. The molecule has 0 aliphatic heterocycles. The standard InChI is InChI=1S/C18H22ClN3O3/c1-11-6-5-9-15(12(11)2)20-16(23)10-24-18-21-17(22-25-18)13-7-3-4-8-14(13)19/h3-4,7-8,11-12,15H,5-6,9-10H2,1-2H3,(H,20,23)/t11-,12-,15-/m1/s1. The van der Waals surface area contributed by atoms with Crippen LogP contribution in [0.5, 0.6) is 6.08 Å².